The van der Waals surface area contributed by atoms with E-state index in [2.05, 4.69) is 5.32 Å². The molecule has 1 heterocycles. The van der Waals surface area contributed by atoms with E-state index in [1.807, 2.05) is 20.8 Å². The van der Waals surface area contributed by atoms with Gasteiger partial charge in [-0.3, -0.25) is 4.79 Å². The standard InChI is InChI=1S/C13H25NO6/c1-8(17)14-10-9(18)5-13(6-15,7-16)20-11(10)19-12(2,3)4/h9-11,15-16,18H,5-7H2,1-4H3,(H,14,17)/t9?,10?,11-/m1/s1. The molecule has 2 unspecified atom stereocenters. The van der Waals surface area contributed by atoms with Gasteiger partial charge in [0.2, 0.25) is 5.91 Å². The van der Waals surface area contributed by atoms with Crippen LogP contribution in [0.25, 0.3) is 0 Å². The minimum atomic E-state index is -1.27. The van der Waals surface area contributed by atoms with Gasteiger partial charge in [-0.25, -0.2) is 0 Å². The third-order valence-electron chi connectivity index (χ3n) is 3.07. The molecule has 1 fully saturated rings. The predicted octanol–water partition coefficient (Wildman–Crippen LogP) is -0.863. The molecule has 0 aliphatic carbocycles. The number of carbonyl (C=O) groups excluding carboxylic acids is 1. The minimum absolute atomic E-state index is 0.00888. The van der Waals surface area contributed by atoms with Crippen LogP contribution in [0.3, 0.4) is 0 Å². The van der Waals surface area contributed by atoms with Crippen LogP contribution in [0.4, 0.5) is 0 Å². The highest BCUT2D eigenvalue weighted by molar-refractivity contribution is 5.73. The van der Waals surface area contributed by atoms with Crippen molar-refractivity contribution in [3.05, 3.63) is 0 Å². The molecule has 3 atom stereocenters. The molecular formula is C13H25NO6. The minimum Gasteiger partial charge on any atom is -0.393 e. The molecule has 0 spiro atoms. The van der Waals surface area contributed by atoms with E-state index < -0.39 is 42.9 Å². The fraction of sp³-hybridized carbons (Fsp3) is 0.923. The Labute approximate surface area is 118 Å². The molecule has 1 aliphatic rings. The van der Waals surface area contributed by atoms with Gasteiger partial charge in [-0.2, -0.15) is 0 Å². The number of rotatable bonds is 4. The largest absolute Gasteiger partial charge is 0.393 e. The van der Waals surface area contributed by atoms with E-state index >= 15 is 0 Å². The van der Waals surface area contributed by atoms with E-state index in [9.17, 15) is 20.1 Å². The van der Waals surface area contributed by atoms with Crippen LogP contribution in [0.15, 0.2) is 0 Å². The molecule has 0 aromatic rings. The Kier molecular flexibility index (Phi) is 5.51. The Balaban J connectivity index is 2.96. The van der Waals surface area contributed by atoms with Crippen molar-refractivity contribution in [1.29, 1.82) is 0 Å². The third kappa shape index (κ3) is 4.39. The van der Waals surface area contributed by atoms with Crippen molar-refractivity contribution in [2.24, 2.45) is 0 Å². The number of amides is 1. The van der Waals surface area contributed by atoms with Crippen LogP contribution in [0, 0.1) is 0 Å². The molecule has 0 aromatic carbocycles. The summed E-state index contributed by atoms with van der Waals surface area (Å²) in [6, 6.07) is -0.752. The van der Waals surface area contributed by atoms with Gasteiger partial charge in [-0.05, 0) is 20.8 Å². The second-order valence-corrected chi connectivity index (χ2v) is 6.21. The molecule has 1 aliphatic heterocycles. The predicted molar refractivity (Wildman–Crippen MR) is 70.8 cm³/mol. The lowest BCUT2D eigenvalue weighted by Crippen LogP contribution is -2.64. The fourth-order valence-corrected chi connectivity index (χ4v) is 2.16. The Morgan fingerprint density at radius 3 is 2.35 bits per heavy atom. The zero-order valence-electron chi connectivity index (χ0n) is 12.4. The van der Waals surface area contributed by atoms with Gasteiger partial charge in [0.1, 0.15) is 11.6 Å². The summed E-state index contributed by atoms with van der Waals surface area (Å²) in [6.45, 7) is 5.86. The maximum Gasteiger partial charge on any atom is 0.217 e. The van der Waals surface area contributed by atoms with Crippen molar-refractivity contribution >= 4 is 5.91 Å². The first-order valence-electron chi connectivity index (χ1n) is 6.65. The van der Waals surface area contributed by atoms with Crippen molar-refractivity contribution < 1.29 is 29.6 Å². The van der Waals surface area contributed by atoms with Crippen molar-refractivity contribution in [1.82, 2.24) is 5.32 Å². The molecule has 0 saturated carbocycles. The van der Waals surface area contributed by atoms with E-state index in [4.69, 9.17) is 9.47 Å². The SMILES string of the molecule is CC(=O)NC1C(O)CC(CO)(CO)O[C@H]1OC(C)(C)C. The topological polar surface area (TPSA) is 108 Å². The summed E-state index contributed by atoms with van der Waals surface area (Å²) in [5.41, 5.74) is -1.85. The highest BCUT2D eigenvalue weighted by Crippen LogP contribution is 2.31. The first-order chi connectivity index (χ1) is 9.12. The molecule has 0 radical (unpaired) electrons. The number of aliphatic hydroxyl groups excluding tert-OH is 3. The monoisotopic (exact) mass is 291 g/mol. The van der Waals surface area contributed by atoms with E-state index in [0.29, 0.717) is 0 Å². The van der Waals surface area contributed by atoms with Gasteiger partial charge in [-0.1, -0.05) is 0 Å². The number of nitrogens with one attached hydrogen (secondary N) is 1. The van der Waals surface area contributed by atoms with E-state index in [0.717, 1.165) is 0 Å². The van der Waals surface area contributed by atoms with Crippen LogP contribution in [0.2, 0.25) is 0 Å². The van der Waals surface area contributed by atoms with Crippen LogP contribution in [-0.4, -0.2) is 64.1 Å². The van der Waals surface area contributed by atoms with Crippen LogP contribution in [0.5, 0.6) is 0 Å². The molecule has 1 amide bonds. The molecule has 1 rings (SSSR count). The smallest absolute Gasteiger partial charge is 0.217 e. The van der Waals surface area contributed by atoms with Gasteiger partial charge < -0.3 is 30.1 Å². The maximum atomic E-state index is 11.2. The summed E-state index contributed by atoms with van der Waals surface area (Å²) >= 11 is 0. The third-order valence-corrected chi connectivity index (χ3v) is 3.07. The molecule has 7 nitrogen and oxygen atoms in total. The average molecular weight is 291 g/mol. The molecule has 20 heavy (non-hydrogen) atoms. The van der Waals surface area contributed by atoms with Crippen molar-refractivity contribution in [2.75, 3.05) is 13.2 Å². The summed E-state index contributed by atoms with van der Waals surface area (Å²) in [5.74, 6) is -0.319. The van der Waals surface area contributed by atoms with Crippen molar-refractivity contribution in [3.63, 3.8) is 0 Å². The molecule has 1 saturated heterocycles. The van der Waals surface area contributed by atoms with Crippen LogP contribution >= 0.6 is 0 Å². The molecule has 118 valence electrons. The van der Waals surface area contributed by atoms with Gasteiger partial charge in [0.15, 0.2) is 6.29 Å². The highest BCUT2D eigenvalue weighted by atomic mass is 16.7. The lowest BCUT2D eigenvalue weighted by molar-refractivity contribution is -0.306. The van der Waals surface area contributed by atoms with Crippen molar-refractivity contribution in [3.8, 4) is 0 Å². The summed E-state index contributed by atoms with van der Waals surface area (Å²) < 4.78 is 11.3. The van der Waals surface area contributed by atoms with E-state index in [-0.39, 0.29) is 12.3 Å². The highest BCUT2D eigenvalue weighted by Gasteiger charge is 2.48. The van der Waals surface area contributed by atoms with Crippen LogP contribution in [-0.2, 0) is 14.3 Å². The summed E-state index contributed by atoms with van der Waals surface area (Å²) in [6.07, 6.45) is -1.93. The zero-order chi connectivity index (χ0) is 15.6. The first-order valence-corrected chi connectivity index (χ1v) is 6.65. The Morgan fingerprint density at radius 2 is 1.95 bits per heavy atom. The Bertz CT molecular complexity index is 336. The van der Waals surface area contributed by atoms with Gasteiger partial charge in [0.05, 0.1) is 24.9 Å². The van der Waals surface area contributed by atoms with Gasteiger partial charge in [0, 0.05) is 13.3 Å². The van der Waals surface area contributed by atoms with Gasteiger partial charge in [0.25, 0.3) is 0 Å². The maximum absolute atomic E-state index is 11.2. The molecule has 0 bridgehead atoms. The lowest BCUT2D eigenvalue weighted by atomic mass is 9.89. The molecule has 7 heteroatoms. The number of carbonyl (C=O) groups is 1. The van der Waals surface area contributed by atoms with Gasteiger partial charge in [-0.15, -0.1) is 0 Å². The Morgan fingerprint density at radius 1 is 1.40 bits per heavy atom. The summed E-state index contributed by atoms with van der Waals surface area (Å²) in [4.78, 5) is 11.2. The number of hydrogen-bond acceptors (Lipinski definition) is 6. The molecule has 0 aromatic heterocycles. The second-order valence-electron chi connectivity index (χ2n) is 6.21. The Hall–Kier alpha value is -0.730. The molecular weight excluding hydrogens is 266 g/mol. The summed E-state index contributed by atoms with van der Waals surface area (Å²) in [5, 5.41) is 31.6. The summed E-state index contributed by atoms with van der Waals surface area (Å²) in [7, 11) is 0. The number of ether oxygens (including phenoxy) is 2. The number of hydrogen-bond donors (Lipinski definition) is 4. The molecule has 4 N–H and O–H groups in total. The second kappa shape index (κ2) is 6.36. The van der Waals surface area contributed by atoms with Crippen LogP contribution < -0.4 is 5.32 Å². The van der Waals surface area contributed by atoms with Gasteiger partial charge >= 0.3 is 0 Å². The van der Waals surface area contributed by atoms with E-state index in [1.54, 1.807) is 0 Å². The number of aliphatic hydroxyl groups is 3. The first kappa shape index (κ1) is 17.3. The lowest BCUT2D eigenvalue weighted by Gasteiger charge is -2.47. The van der Waals surface area contributed by atoms with Crippen LogP contribution in [0.1, 0.15) is 34.1 Å². The average Bonchev–Trinajstić information content (AvgIpc) is 2.31. The fourth-order valence-electron chi connectivity index (χ4n) is 2.16. The zero-order valence-corrected chi connectivity index (χ0v) is 12.4. The quantitative estimate of drug-likeness (QED) is 0.536. The van der Waals surface area contributed by atoms with E-state index in [1.165, 1.54) is 6.92 Å². The normalized spacial score (nSPS) is 30.1. The van der Waals surface area contributed by atoms with Crippen molar-refractivity contribution in [2.45, 2.75) is 63.8 Å².